The van der Waals surface area contributed by atoms with E-state index in [1.165, 1.54) is 23.2 Å². The highest BCUT2D eigenvalue weighted by Gasteiger charge is 2.28. The molecule has 0 saturated heterocycles. The Kier molecular flexibility index (Phi) is 3.87. The molecule has 3 heterocycles. The molecule has 1 aromatic carbocycles. The van der Waals surface area contributed by atoms with E-state index in [1.54, 1.807) is 0 Å². The minimum absolute atomic E-state index is 0.149. The first kappa shape index (κ1) is 15.7. The predicted molar refractivity (Wildman–Crippen MR) is 98.2 cm³/mol. The second kappa shape index (κ2) is 5.92. The fourth-order valence-corrected chi connectivity index (χ4v) is 4.59. The second-order valence-electron chi connectivity index (χ2n) is 7.41. The Hall–Kier alpha value is -1.81. The third kappa shape index (κ3) is 2.27. The molecular weight excluding hydrogens is 300 g/mol. The Balaban J connectivity index is 2.10. The zero-order chi connectivity index (χ0) is 16.8. The van der Waals surface area contributed by atoms with Gasteiger partial charge < -0.3 is 15.1 Å². The maximum absolute atomic E-state index is 12.7. The summed E-state index contributed by atoms with van der Waals surface area (Å²) < 4.78 is 5.89. The zero-order valence-electron chi connectivity index (χ0n) is 14.7. The molecule has 4 nitrogen and oxygen atoms in total. The number of anilines is 1. The van der Waals surface area contributed by atoms with Gasteiger partial charge in [0.15, 0.2) is 0 Å². The number of benzene rings is 1. The first-order valence-electron chi connectivity index (χ1n) is 9.21. The third-order valence-electron chi connectivity index (χ3n) is 5.51. The van der Waals surface area contributed by atoms with Crippen molar-refractivity contribution in [1.82, 2.24) is 0 Å². The summed E-state index contributed by atoms with van der Waals surface area (Å²) in [6.07, 6.45) is 5.19. The number of hydrogen-bond acceptors (Lipinski definition) is 4. The van der Waals surface area contributed by atoms with Gasteiger partial charge in [0.05, 0.1) is 0 Å². The summed E-state index contributed by atoms with van der Waals surface area (Å²) in [7, 11) is 0. The largest absolute Gasteiger partial charge is 0.422 e. The van der Waals surface area contributed by atoms with Crippen LogP contribution in [-0.2, 0) is 19.3 Å². The lowest BCUT2D eigenvalue weighted by Gasteiger charge is -2.37. The Morgan fingerprint density at radius 1 is 1.25 bits per heavy atom. The molecule has 1 aromatic heterocycles. The van der Waals surface area contributed by atoms with Crippen LogP contribution in [0.3, 0.4) is 0 Å². The van der Waals surface area contributed by atoms with Crippen molar-refractivity contribution in [2.24, 2.45) is 5.73 Å². The molecule has 24 heavy (non-hydrogen) atoms. The molecule has 2 N–H and O–H groups in total. The molecule has 0 radical (unpaired) electrons. The van der Waals surface area contributed by atoms with Gasteiger partial charge >= 0.3 is 5.63 Å². The maximum atomic E-state index is 12.7. The maximum Gasteiger partial charge on any atom is 0.340 e. The summed E-state index contributed by atoms with van der Waals surface area (Å²) >= 11 is 0. The lowest BCUT2D eigenvalue weighted by molar-refractivity contribution is 0.531. The van der Waals surface area contributed by atoms with Crippen LogP contribution in [0.4, 0.5) is 5.69 Å². The standard InChI is InChI=1S/C20H26N2O2/c1-12(2)17-14(7-8-21)16-11-13-5-3-9-22-10-4-6-15(18(13)22)19(16)24-20(17)23/h11-12H,3-10,21H2,1-2H3. The van der Waals surface area contributed by atoms with E-state index in [9.17, 15) is 4.79 Å². The van der Waals surface area contributed by atoms with Gasteiger partial charge in [-0.3, -0.25) is 0 Å². The van der Waals surface area contributed by atoms with Gasteiger partial charge in [-0.15, -0.1) is 0 Å². The van der Waals surface area contributed by atoms with Crippen LogP contribution in [0.2, 0.25) is 0 Å². The number of nitrogens with zero attached hydrogens (tertiary/aromatic N) is 1. The number of hydrogen-bond donors (Lipinski definition) is 1. The van der Waals surface area contributed by atoms with Crippen LogP contribution in [0.25, 0.3) is 11.0 Å². The topological polar surface area (TPSA) is 59.5 Å². The first-order chi connectivity index (χ1) is 11.6. The Bertz CT molecular complexity index is 849. The van der Waals surface area contributed by atoms with E-state index in [1.807, 2.05) is 0 Å². The Morgan fingerprint density at radius 2 is 2.00 bits per heavy atom. The highest BCUT2D eigenvalue weighted by Crippen LogP contribution is 2.41. The van der Waals surface area contributed by atoms with Gasteiger partial charge in [-0.05, 0) is 61.8 Å². The minimum Gasteiger partial charge on any atom is -0.422 e. The fourth-order valence-electron chi connectivity index (χ4n) is 4.59. The average Bonchev–Trinajstić information content (AvgIpc) is 2.56. The minimum atomic E-state index is -0.176. The van der Waals surface area contributed by atoms with Crippen molar-refractivity contribution < 1.29 is 4.42 Å². The Labute approximate surface area is 142 Å². The average molecular weight is 326 g/mol. The fraction of sp³-hybridized carbons (Fsp3) is 0.550. The molecule has 0 unspecified atom stereocenters. The van der Waals surface area contributed by atoms with E-state index in [-0.39, 0.29) is 11.5 Å². The molecule has 2 aromatic rings. The van der Waals surface area contributed by atoms with Crippen LogP contribution in [0.15, 0.2) is 15.3 Å². The van der Waals surface area contributed by atoms with Gasteiger partial charge in [0.25, 0.3) is 0 Å². The van der Waals surface area contributed by atoms with Crippen molar-refractivity contribution in [3.63, 3.8) is 0 Å². The van der Waals surface area contributed by atoms with Crippen LogP contribution in [0.1, 0.15) is 54.9 Å². The van der Waals surface area contributed by atoms with E-state index < -0.39 is 0 Å². The summed E-state index contributed by atoms with van der Waals surface area (Å²) in [6, 6.07) is 2.28. The molecule has 0 spiro atoms. The molecule has 0 atom stereocenters. The summed E-state index contributed by atoms with van der Waals surface area (Å²) in [5.74, 6) is 0.149. The summed E-state index contributed by atoms with van der Waals surface area (Å²) in [4.78, 5) is 15.2. The monoisotopic (exact) mass is 326 g/mol. The van der Waals surface area contributed by atoms with E-state index in [2.05, 4.69) is 24.8 Å². The lowest BCUT2D eigenvalue weighted by atomic mass is 9.86. The van der Waals surface area contributed by atoms with Crippen molar-refractivity contribution >= 4 is 16.7 Å². The summed E-state index contributed by atoms with van der Waals surface area (Å²) in [6.45, 7) is 6.91. The molecule has 0 bridgehead atoms. The summed E-state index contributed by atoms with van der Waals surface area (Å²) in [5, 5.41) is 1.13. The van der Waals surface area contributed by atoms with Crippen LogP contribution >= 0.6 is 0 Å². The molecular formula is C20H26N2O2. The highest BCUT2D eigenvalue weighted by atomic mass is 16.4. The van der Waals surface area contributed by atoms with E-state index >= 15 is 0 Å². The van der Waals surface area contributed by atoms with E-state index in [0.717, 1.165) is 60.9 Å². The van der Waals surface area contributed by atoms with Gasteiger partial charge in [0.1, 0.15) is 5.58 Å². The van der Waals surface area contributed by atoms with Crippen molar-refractivity contribution in [3.8, 4) is 0 Å². The third-order valence-corrected chi connectivity index (χ3v) is 5.51. The van der Waals surface area contributed by atoms with Gasteiger partial charge in [-0.2, -0.15) is 0 Å². The smallest absolute Gasteiger partial charge is 0.340 e. The number of rotatable bonds is 3. The predicted octanol–water partition coefficient (Wildman–Crippen LogP) is 3.12. The first-order valence-corrected chi connectivity index (χ1v) is 9.21. The number of fused-ring (bicyclic) bond motifs is 2. The molecule has 4 rings (SSSR count). The zero-order valence-corrected chi connectivity index (χ0v) is 14.7. The summed E-state index contributed by atoms with van der Waals surface area (Å²) in [5.41, 5.74) is 12.5. The lowest BCUT2D eigenvalue weighted by Crippen LogP contribution is -2.34. The van der Waals surface area contributed by atoms with Crippen LogP contribution in [0.5, 0.6) is 0 Å². The van der Waals surface area contributed by atoms with Gasteiger partial charge in [0, 0.05) is 35.3 Å². The molecule has 2 aliphatic heterocycles. The van der Waals surface area contributed by atoms with Gasteiger partial charge in [0.2, 0.25) is 0 Å². The van der Waals surface area contributed by atoms with E-state index in [0.29, 0.717) is 6.54 Å². The molecule has 0 fully saturated rings. The Morgan fingerprint density at radius 3 is 2.71 bits per heavy atom. The highest BCUT2D eigenvalue weighted by molar-refractivity contribution is 5.91. The quantitative estimate of drug-likeness (QED) is 0.881. The van der Waals surface area contributed by atoms with Gasteiger partial charge in [-0.1, -0.05) is 13.8 Å². The second-order valence-corrected chi connectivity index (χ2v) is 7.41. The van der Waals surface area contributed by atoms with Crippen LogP contribution in [0, 0.1) is 0 Å². The van der Waals surface area contributed by atoms with E-state index in [4.69, 9.17) is 10.2 Å². The molecule has 0 amide bonds. The SMILES string of the molecule is CC(C)c1c(CCN)c2cc3c4c(c2oc1=O)CCCN4CCC3. The van der Waals surface area contributed by atoms with Crippen LogP contribution < -0.4 is 16.3 Å². The molecule has 128 valence electrons. The molecule has 0 aliphatic carbocycles. The van der Waals surface area contributed by atoms with Crippen molar-refractivity contribution in [1.29, 1.82) is 0 Å². The van der Waals surface area contributed by atoms with Gasteiger partial charge in [-0.25, -0.2) is 4.79 Å². The van der Waals surface area contributed by atoms with Crippen molar-refractivity contribution in [3.05, 3.63) is 38.7 Å². The molecule has 4 heteroatoms. The number of aryl methyl sites for hydroxylation is 2. The molecule has 0 saturated carbocycles. The van der Waals surface area contributed by atoms with Crippen molar-refractivity contribution in [2.75, 3.05) is 24.5 Å². The number of nitrogens with two attached hydrogens (primary N) is 1. The normalized spacial score (nSPS) is 16.8. The molecule has 2 aliphatic rings. The van der Waals surface area contributed by atoms with Crippen molar-refractivity contribution in [2.45, 2.75) is 51.9 Å². The van der Waals surface area contributed by atoms with Crippen LogP contribution in [-0.4, -0.2) is 19.6 Å².